The molecule has 0 unspecified atom stereocenters. The maximum absolute atomic E-state index is 13.2. The molecule has 3 aliphatic rings. The first-order valence-corrected chi connectivity index (χ1v) is 10.8. The Balaban J connectivity index is 1.38. The molecular formula is C21H28N6O2. The number of aromatic nitrogens is 4. The van der Waals surface area contributed by atoms with E-state index in [-0.39, 0.29) is 17.9 Å². The minimum absolute atomic E-state index is 0.0407. The molecule has 1 aliphatic heterocycles. The van der Waals surface area contributed by atoms with Gasteiger partial charge in [-0.2, -0.15) is 10.2 Å². The van der Waals surface area contributed by atoms with E-state index in [9.17, 15) is 9.59 Å². The summed E-state index contributed by atoms with van der Waals surface area (Å²) in [6.45, 7) is 1.04. The van der Waals surface area contributed by atoms with Crippen LogP contribution in [-0.2, 0) is 32.9 Å². The molecule has 0 bridgehead atoms. The number of amides is 2. The van der Waals surface area contributed by atoms with Gasteiger partial charge in [0.05, 0.1) is 6.54 Å². The van der Waals surface area contributed by atoms with E-state index in [1.807, 2.05) is 11.9 Å². The molecule has 3 heterocycles. The average molecular weight is 396 g/mol. The number of hydrogen-bond acceptors (Lipinski definition) is 4. The number of carbonyl (C=O) groups excluding carboxylic acids is 2. The van der Waals surface area contributed by atoms with Crippen LogP contribution >= 0.6 is 0 Å². The summed E-state index contributed by atoms with van der Waals surface area (Å²) in [5.41, 5.74) is 5.15. The van der Waals surface area contributed by atoms with Crippen molar-refractivity contribution in [2.45, 2.75) is 70.4 Å². The van der Waals surface area contributed by atoms with Gasteiger partial charge in [0.2, 0.25) is 0 Å². The van der Waals surface area contributed by atoms with Crippen molar-refractivity contribution in [1.82, 2.24) is 30.2 Å². The van der Waals surface area contributed by atoms with E-state index in [1.54, 1.807) is 4.68 Å². The zero-order valence-electron chi connectivity index (χ0n) is 17.0. The van der Waals surface area contributed by atoms with E-state index >= 15 is 0 Å². The van der Waals surface area contributed by atoms with Crippen LogP contribution in [0.15, 0.2) is 0 Å². The van der Waals surface area contributed by atoms with Gasteiger partial charge in [-0.05, 0) is 38.5 Å². The first-order chi connectivity index (χ1) is 14.1. The highest BCUT2D eigenvalue weighted by molar-refractivity contribution is 5.96. The average Bonchev–Trinajstić information content (AvgIpc) is 3.46. The summed E-state index contributed by atoms with van der Waals surface area (Å²) < 4.78 is 1.80. The standard InChI is InChI=1S/C21H28N6O2/c1-26-17-10-11-27(21(29)19-14-8-4-5-9-16(14)23-24-19)12-15(17)18(25-26)20(28)22-13-6-2-3-7-13/h13H,2-12H2,1H3,(H,22,28)(H,23,24). The molecule has 0 spiro atoms. The van der Waals surface area contributed by atoms with Crippen molar-refractivity contribution in [2.75, 3.05) is 6.54 Å². The summed E-state index contributed by atoms with van der Waals surface area (Å²) in [6.07, 6.45) is 9.24. The second-order valence-corrected chi connectivity index (χ2v) is 8.57. The van der Waals surface area contributed by atoms with Crippen LogP contribution < -0.4 is 5.32 Å². The molecule has 5 rings (SSSR count). The Bertz CT molecular complexity index is 953. The highest BCUT2D eigenvalue weighted by Crippen LogP contribution is 2.27. The Hall–Kier alpha value is -2.64. The Kier molecular flexibility index (Phi) is 4.64. The van der Waals surface area contributed by atoms with Crippen LogP contribution in [0.1, 0.15) is 82.0 Å². The Morgan fingerprint density at radius 1 is 1.03 bits per heavy atom. The van der Waals surface area contributed by atoms with Crippen LogP contribution in [0, 0.1) is 0 Å². The quantitative estimate of drug-likeness (QED) is 0.828. The molecule has 2 N–H and O–H groups in total. The third-order valence-electron chi connectivity index (χ3n) is 6.69. The molecular weight excluding hydrogens is 368 g/mol. The molecule has 8 heteroatoms. The van der Waals surface area contributed by atoms with Gasteiger partial charge >= 0.3 is 0 Å². The number of aromatic amines is 1. The molecule has 1 saturated carbocycles. The van der Waals surface area contributed by atoms with Crippen molar-refractivity contribution in [2.24, 2.45) is 7.05 Å². The van der Waals surface area contributed by atoms with E-state index in [0.29, 0.717) is 30.9 Å². The molecule has 2 aromatic heterocycles. The summed E-state index contributed by atoms with van der Waals surface area (Å²) in [7, 11) is 1.88. The Labute approximate surface area is 170 Å². The monoisotopic (exact) mass is 396 g/mol. The van der Waals surface area contributed by atoms with Gasteiger partial charge in [-0.15, -0.1) is 0 Å². The first kappa shape index (κ1) is 18.4. The summed E-state index contributed by atoms with van der Waals surface area (Å²) in [4.78, 5) is 27.9. The summed E-state index contributed by atoms with van der Waals surface area (Å²) in [5.74, 6) is -0.152. The van der Waals surface area contributed by atoms with Crippen LogP contribution in [-0.4, -0.2) is 49.3 Å². The van der Waals surface area contributed by atoms with Gasteiger partial charge in [0.1, 0.15) is 0 Å². The van der Waals surface area contributed by atoms with Crippen molar-refractivity contribution >= 4 is 11.8 Å². The third-order valence-corrected chi connectivity index (χ3v) is 6.69. The zero-order chi connectivity index (χ0) is 20.0. The number of nitrogens with zero attached hydrogens (tertiary/aromatic N) is 4. The van der Waals surface area contributed by atoms with Gasteiger partial charge in [-0.1, -0.05) is 12.8 Å². The van der Waals surface area contributed by atoms with Crippen LogP contribution in [0.2, 0.25) is 0 Å². The van der Waals surface area contributed by atoms with Crippen LogP contribution in [0.4, 0.5) is 0 Å². The SMILES string of the molecule is Cn1nc(C(=O)NC2CCCC2)c2c1CCN(C(=O)c1n[nH]c3c1CCCC3)C2. The maximum atomic E-state index is 13.2. The number of hydrogen-bond donors (Lipinski definition) is 2. The second-order valence-electron chi connectivity index (χ2n) is 8.57. The number of H-pyrrole nitrogens is 1. The van der Waals surface area contributed by atoms with E-state index in [2.05, 4.69) is 20.6 Å². The number of carbonyl (C=O) groups is 2. The molecule has 2 aromatic rings. The number of fused-ring (bicyclic) bond motifs is 2. The van der Waals surface area contributed by atoms with E-state index in [4.69, 9.17) is 0 Å². The van der Waals surface area contributed by atoms with Crippen molar-refractivity contribution in [3.8, 4) is 0 Å². The molecule has 154 valence electrons. The Morgan fingerprint density at radius 3 is 2.66 bits per heavy atom. The highest BCUT2D eigenvalue weighted by Gasteiger charge is 2.33. The van der Waals surface area contributed by atoms with Gasteiger partial charge in [-0.25, -0.2) is 0 Å². The Morgan fingerprint density at radius 2 is 1.83 bits per heavy atom. The molecule has 0 saturated heterocycles. The fraction of sp³-hybridized carbons (Fsp3) is 0.619. The smallest absolute Gasteiger partial charge is 0.274 e. The predicted octanol–water partition coefficient (Wildman–Crippen LogP) is 1.89. The summed E-state index contributed by atoms with van der Waals surface area (Å²) >= 11 is 0. The van der Waals surface area contributed by atoms with Crippen molar-refractivity contribution in [3.63, 3.8) is 0 Å². The summed E-state index contributed by atoms with van der Waals surface area (Å²) in [6, 6.07) is 0.247. The molecule has 2 amide bonds. The normalized spacial score (nSPS) is 19.1. The molecule has 0 radical (unpaired) electrons. The van der Waals surface area contributed by atoms with E-state index in [1.165, 1.54) is 12.8 Å². The lowest BCUT2D eigenvalue weighted by atomic mass is 9.95. The molecule has 1 fully saturated rings. The zero-order valence-corrected chi connectivity index (χ0v) is 17.0. The van der Waals surface area contributed by atoms with Gasteiger partial charge in [-0.3, -0.25) is 19.4 Å². The van der Waals surface area contributed by atoms with Crippen molar-refractivity contribution in [1.29, 1.82) is 0 Å². The first-order valence-electron chi connectivity index (χ1n) is 10.8. The fourth-order valence-electron chi connectivity index (χ4n) is 5.08. The summed E-state index contributed by atoms with van der Waals surface area (Å²) in [5, 5.41) is 15.0. The topological polar surface area (TPSA) is 95.9 Å². The molecule has 0 atom stereocenters. The number of nitrogens with one attached hydrogen (secondary N) is 2. The second kappa shape index (κ2) is 7.31. The number of aryl methyl sites for hydroxylation is 2. The van der Waals surface area contributed by atoms with Crippen molar-refractivity contribution < 1.29 is 9.59 Å². The van der Waals surface area contributed by atoms with Crippen molar-refractivity contribution in [3.05, 3.63) is 33.9 Å². The minimum Gasteiger partial charge on any atom is -0.348 e. The molecule has 8 nitrogen and oxygen atoms in total. The van der Waals surface area contributed by atoms with Crippen LogP contribution in [0.3, 0.4) is 0 Å². The van der Waals surface area contributed by atoms with Gasteiger partial charge in [0, 0.05) is 48.6 Å². The van der Waals surface area contributed by atoms with E-state index < -0.39 is 0 Å². The third kappa shape index (κ3) is 3.24. The lowest BCUT2D eigenvalue weighted by Gasteiger charge is -2.27. The van der Waals surface area contributed by atoms with Gasteiger partial charge in [0.25, 0.3) is 11.8 Å². The van der Waals surface area contributed by atoms with E-state index in [0.717, 1.165) is 61.0 Å². The minimum atomic E-state index is -0.111. The molecule has 29 heavy (non-hydrogen) atoms. The lowest BCUT2D eigenvalue weighted by Crippen LogP contribution is -2.38. The molecule has 0 aromatic carbocycles. The van der Waals surface area contributed by atoms with Gasteiger partial charge in [0.15, 0.2) is 11.4 Å². The maximum Gasteiger partial charge on any atom is 0.274 e. The van der Waals surface area contributed by atoms with Crippen LogP contribution in [0.25, 0.3) is 0 Å². The fourth-order valence-corrected chi connectivity index (χ4v) is 5.08. The lowest BCUT2D eigenvalue weighted by molar-refractivity contribution is 0.0723. The number of rotatable bonds is 3. The van der Waals surface area contributed by atoms with Crippen LogP contribution in [0.5, 0.6) is 0 Å². The van der Waals surface area contributed by atoms with Gasteiger partial charge < -0.3 is 10.2 Å². The molecule has 2 aliphatic carbocycles. The highest BCUT2D eigenvalue weighted by atomic mass is 16.2. The largest absolute Gasteiger partial charge is 0.348 e. The predicted molar refractivity (Wildman–Crippen MR) is 107 cm³/mol.